The lowest BCUT2D eigenvalue weighted by Crippen LogP contribution is -2.45. The molecule has 2 rings (SSSR count). The van der Waals surface area contributed by atoms with Crippen LogP contribution in [0.25, 0.3) is 0 Å². The molecule has 3 nitrogen and oxygen atoms in total. The quantitative estimate of drug-likeness (QED) is 0.825. The minimum absolute atomic E-state index is 0.0770. The van der Waals surface area contributed by atoms with E-state index in [4.69, 9.17) is 0 Å². The predicted molar refractivity (Wildman–Crippen MR) is 66.3 cm³/mol. The summed E-state index contributed by atoms with van der Waals surface area (Å²) in [7, 11) is -2.80. The lowest BCUT2D eigenvalue weighted by Gasteiger charge is -2.34. The summed E-state index contributed by atoms with van der Waals surface area (Å²) in [6, 6.07) is 0. The fourth-order valence-electron chi connectivity index (χ4n) is 3.18. The average molecular weight is 245 g/mol. The Labute approximate surface area is 98.9 Å². The van der Waals surface area contributed by atoms with Crippen molar-refractivity contribution in [1.29, 1.82) is 0 Å². The van der Waals surface area contributed by atoms with Gasteiger partial charge in [0.2, 0.25) is 0 Å². The highest BCUT2D eigenvalue weighted by Crippen LogP contribution is 2.33. The standard InChI is InChI=1S/C12H23NO2S/c1-2-12(7-5-8-13-12)10-11-6-3-4-9-16(11,14)15/h11,13H,2-10H2,1H3. The maximum Gasteiger partial charge on any atom is 0.153 e. The summed E-state index contributed by atoms with van der Waals surface area (Å²) in [6.07, 6.45) is 7.07. The number of hydrogen-bond donors (Lipinski definition) is 1. The van der Waals surface area contributed by atoms with Gasteiger partial charge in [-0.15, -0.1) is 0 Å². The third-order valence-electron chi connectivity index (χ3n) is 4.34. The first-order valence-corrected chi connectivity index (χ1v) is 8.26. The van der Waals surface area contributed by atoms with Crippen LogP contribution >= 0.6 is 0 Å². The molecule has 0 aliphatic carbocycles. The van der Waals surface area contributed by atoms with Gasteiger partial charge in [0.25, 0.3) is 0 Å². The summed E-state index contributed by atoms with van der Waals surface area (Å²) in [4.78, 5) is 0. The van der Waals surface area contributed by atoms with E-state index in [1.165, 1.54) is 6.42 Å². The highest BCUT2D eigenvalue weighted by Gasteiger charge is 2.39. The molecule has 0 spiro atoms. The van der Waals surface area contributed by atoms with Gasteiger partial charge in [0.1, 0.15) is 0 Å². The molecule has 2 atom stereocenters. The number of hydrogen-bond acceptors (Lipinski definition) is 3. The summed E-state index contributed by atoms with van der Waals surface area (Å²) in [5, 5.41) is 3.46. The molecule has 0 aromatic rings. The summed E-state index contributed by atoms with van der Waals surface area (Å²) < 4.78 is 24.0. The normalized spacial score (nSPS) is 38.7. The van der Waals surface area contributed by atoms with Gasteiger partial charge in [0.15, 0.2) is 9.84 Å². The van der Waals surface area contributed by atoms with E-state index >= 15 is 0 Å². The molecule has 0 bridgehead atoms. The minimum Gasteiger partial charge on any atom is -0.311 e. The first kappa shape index (κ1) is 12.4. The van der Waals surface area contributed by atoms with Crippen molar-refractivity contribution >= 4 is 9.84 Å². The van der Waals surface area contributed by atoms with Crippen molar-refractivity contribution in [2.45, 2.75) is 62.7 Å². The zero-order valence-electron chi connectivity index (χ0n) is 10.2. The molecular weight excluding hydrogens is 222 g/mol. The van der Waals surface area contributed by atoms with Crippen molar-refractivity contribution in [2.24, 2.45) is 0 Å². The molecule has 0 amide bonds. The molecule has 0 radical (unpaired) electrons. The van der Waals surface area contributed by atoms with Crippen LogP contribution in [0.4, 0.5) is 0 Å². The van der Waals surface area contributed by atoms with E-state index in [9.17, 15) is 8.42 Å². The summed E-state index contributed by atoms with van der Waals surface area (Å²) >= 11 is 0. The Morgan fingerprint density at radius 2 is 2.12 bits per heavy atom. The van der Waals surface area contributed by atoms with E-state index in [1.807, 2.05) is 0 Å². The molecule has 0 saturated carbocycles. The largest absolute Gasteiger partial charge is 0.311 e. The van der Waals surface area contributed by atoms with Gasteiger partial charge in [0.05, 0.1) is 11.0 Å². The predicted octanol–water partition coefficient (Wildman–Crippen LogP) is 1.88. The molecule has 2 aliphatic heterocycles. The Morgan fingerprint density at radius 3 is 2.69 bits per heavy atom. The van der Waals surface area contributed by atoms with Gasteiger partial charge in [-0.3, -0.25) is 0 Å². The summed E-state index contributed by atoms with van der Waals surface area (Å²) in [6.45, 7) is 3.23. The molecule has 2 heterocycles. The van der Waals surface area contributed by atoms with Crippen LogP contribution in [0.2, 0.25) is 0 Å². The van der Waals surface area contributed by atoms with Gasteiger partial charge in [-0.05, 0) is 45.1 Å². The van der Waals surface area contributed by atoms with Gasteiger partial charge in [-0.1, -0.05) is 13.3 Å². The molecule has 16 heavy (non-hydrogen) atoms. The highest BCUT2D eigenvalue weighted by atomic mass is 32.2. The summed E-state index contributed by atoms with van der Waals surface area (Å²) in [5.74, 6) is 0.414. The zero-order valence-corrected chi connectivity index (χ0v) is 11.0. The van der Waals surface area contributed by atoms with Crippen LogP contribution in [0.3, 0.4) is 0 Å². The second kappa shape index (κ2) is 4.65. The Morgan fingerprint density at radius 1 is 1.31 bits per heavy atom. The first-order chi connectivity index (χ1) is 7.58. The maximum atomic E-state index is 12.0. The minimum atomic E-state index is -2.80. The molecule has 4 heteroatoms. The van der Waals surface area contributed by atoms with Gasteiger partial charge in [-0.25, -0.2) is 8.42 Å². The van der Waals surface area contributed by atoms with Gasteiger partial charge >= 0.3 is 0 Å². The SMILES string of the molecule is CCC1(CC2CCCCS2(=O)=O)CCCN1. The van der Waals surface area contributed by atoms with Crippen molar-refractivity contribution in [3.05, 3.63) is 0 Å². The van der Waals surface area contributed by atoms with Crippen LogP contribution in [0.1, 0.15) is 51.9 Å². The van der Waals surface area contributed by atoms with Gasteiger partial charge in [0, 0.05) is 5.54 Å². The maximum absolute atomic E-state index is 12.0. The van der Waals surface area contributed by atoms with Gasteiger partial charge in [-0.2, -0.15) is 0 Å². The summed E-state index contributed by atoms with van der Waals surface area (Å²) in [5.41, 5.74) is 0.120. The average Bonchev–Trinajstić information content (AvgIpc) is 2.71. The molecule has 2 saturated heterocycles. The molecule has 2 unspecified atom stereocenters. The van der Waals surface area contributed by atoms with E-state index in [0.717, 1.165) is 45.1 Å². The van der Waals surface area contributed by atoms with Crippen LogP contribution in [-0.4, -0.2) is 31.5 Å². The highest BCUT2D eigenvalue weighted by molar-refractivity contribution is 7.92. The van der Waals surface area contributed by atoms with Crippen molar-refractivity contribution in [2.75, 3.05) is 12.3 Å². The van der Waals surface area contributed by atoms with Crippen LogP contribution in [-0.2, 0) is 9.84 Å². The van der Waals surface area contributed by atoms with E-state index in [2.05, 4.69) is 12.2 Å². The Hall–Kier alpha value is -0.0900. The number of nitrogens with one attached hydrogen (secondary N) is 1. The monoisotopic (exact) mass is 245 g/mol. The van der Waals surface area contributed by atoms with Crippen molar-refractivity contribution in [1.82, 2.24) is 5.32 Å². The topological polar surface area (TPSA) is 46.2 Å². The van der Waals surface area contributed by atoms with E-state index in [-0.39, 0.29) is 10.8 Å². The Kier molecular flexibility index (Phi) is 3.59. The Balaban J connectivity index is 2.07. The van der Waals surface area contributed by atoms with E-state index in [0.29, 0.717) is 5.75 Å². The van der Waals surface area contributed by atoms with Crippen molar-refractivity contribution in [3.63, 3.8) is 0 Å². The van der Waals surface area contributed by atoms with Crippen LogP contribution < -0.4 is 5.32 Å². The third kappa shape index (κ3) is 2.43. The zero-order chi connectivity index (χ0) is 11.6. The number of rotatable bonds is 3. The molecular formula is C12H23NO2S. The molecule has 1 N–H and O–H groups in total. The fourth-order valence-corrected chi connectivity index (χ4v) is 5.21. The van der Waals surface area contributed by atoms with Crippen LogP contribution in [0, 0.1) is 0 Å². The fraction of sp³-hybridized carbons (Fsp3) is 1.00. The van der Waals surface area contributed by atoms with E-state index in [1.54, 1.807) is 0 Å². The number of sulfone groups is 1. The third-order valence-corrected chi connectivity index (χ3v) is 6.62. The van der Waals surface area contributed by atoms with Crippen molar-refractivity contribution in [3.8, 4) is 0 Å². The lowest BCUT2D eigenvalue weighted by atomic mass is 9.87. The molecule has 2 fully saturated rings. The van der Waals surface area contributed by atoms with Crippen LogP contribution in [0.5, 0.6) is 0 Å². The molecule has 0 aromatic heterocycles. The lowest BCUT2D eigenvalue weighted by molar-refractivity contribution is 0.319. The van der Waals surface area contributed by atoms with Crippen LogP contribution in [0.15, 0.2) is 0 Å². The second-order valence-electron chi connectivity index (χ2n) is 5.35. The molecule has 0 aromatic carbocycles. The van der Waals surface area contributed by atoms with Gasteiger partial charge < -0.3 is 5.32 Å². The second-order valence-corrected chi connectivity index (χ2v) is 7.75. The Bertz CT molecular complexity index is 331. The molecule has 94 valence electrons. The first-order valence-electron chi connectivity index (χ1n) is 6.55. The van der Waals surface area contributed by atoms with Crippen molar-refractivity contribution < 1.29 is 8.42 Å². The smallest absolute Gasteiger partial charge is 0.153 e. The van der Waals surface area contributed by atoms with E-state index < -0.39 is 9.84 Å². The molecule has 2 aliphatic rings.